The lowest BCUT2D eigenvalue weighted by Gasteiger charge is -2.13. The van der Waals surface area contributed by atoms with Gasteiger partial charge in [-0.1, -0.05) is 12.1 Å². The predicted octanol–water partition coefficient (Wildman–Crippen LogP) is 4.73. The van der Waals surface area contributed by atoms with Crippen LogP contribution in [0, 0.1) is 6.92 Å². The van der Waals surface area contributed by atoms with E-state index in [1.807, 2.05) is 12.1 Å². The second-order valence-electron chi connectivity index (χ2n) is 5.91. The third kappa shape index (κ3) is 3.09. The van der Waals surface area contributed by atoms with E-state index in [4.69, 9.17) is 4.74 Å². The molecule has 2 aromatic carbocycles. The fourth-order valence-electron chi connectivity index (χ4n) is 2.74. The van der Waals surface area contributed by atoms with Crippen LogP contribution in [0.3, 0.4) is 0 Å². The van der Waals surface area contributed by atoms with Crippen LogP contribution in [-0.4, -0.2) is 26.2 Å². The number of aromatic amines is 1. The third-order valence-corrected chi connectivity index (χ3v) is 4.03. The Hall–Kier alpha value is -2.68. The topological polar surface area (TPSA) is 28.3 Å². The number of aryl methyl sites for hydroxylation is 1. The molecule has 118 valence electrons. The number of nitrogens with zero attached hydrogens (tertiary/aromatic N) is 1. The highest BCUT2D eigenvalue weighted by Crippen LogP contribution is 2.34. The van der Waals surface area contributed by atoms with E-state index >= 15 is 0 Å². The normalized spacial score (nSPS) is 10.6. The molecule has 3 nitrogen and oxygen atoms in total. The number of nitrogens with one attached hydrogen (secondary N) is 1. The zero-order chi connectivity index (χ0) is 16.4. The van der Waals surface area contributed by atoms with Crippen molar-refractivity contribution in [3.8, 4) is 28.1 Å². The van der Waals surface area contributed by atoms with Crippen LogP contribution in [0.1, 0.15) is 5.69 Å². The summed E-state index contributed by atoms with van der Waals surface area (Å²) in [4.78, 5) is 5.59. The zero-order valence-corrected chi connectivity index (χ0v) is 14.1. The number of H-pyrrole nitrogens is 1. The molecule has 0 fully saturated rings. The molecule has 1 aromatic heterocycles. The van der Waals surface area contributed by atoms with Gasteiger partial charge in [-0.05, 0) is 60.5 Å². The number of aromatic nitrogens is 1. The minimum Gasteiger partial charge on any atom is -0.497 e. The molecular weight excluding hydrogens is 284 g/mol. The molecule has 23 heavy (non-hydrogen) atoms. The summed E-state index contributed by atoms with van der Waals surface area (Å²) in [6.45, 7) is 2.09. The van der Waals surface area contributed by atoms with E-state index in [1.165, 1.54) is 16.8 Å². The van der Waals surface area contributed by atoms with Gasteiger partial charge in [0.25, 0.3) is 0 Å². The van der Waals surface area contributed by atoms with Crippen LogP contribution in [0.25, 0.3) is 22.4 Å². The highest BCUT2D eigenvalue weighted by Gasteiger charge is 2.11. The van der Waals surface area contributed by atoms with Crippen LogP contribution in [-0.2, 0) is 0 Å². The number of ether oxygens (including phenoxy) is 1. The first-order valence-corrected chi connectivity index (χ1v) is 7.70. The summed E-state index contributed by atoms with van der Waals surface area (Å²) in [6, 6.07) is 19.0. The van der Waals surface area contributed by atoms with Crippen molar-refractivity contribution in [2.24, 2.45) is 0 Å². The van der Waals surface area contributed by atoms with E-state index in [2.05, 4.69) is 73.4 Å². The van der Waals surface area contributed by atoms with E-state index in [1.54, 1.807) is 7.11 Å². The highest BCUT2D eigenvalue weighted by molar-refractivity contribution is 5.82. The second-order valence-corrected chi connectivity index (χ2v) is 5.91. The molecule has 0 atom stereocenters. The van der Waals surface area contributed by atoms with Gasteiger partial charge in [-0.3, -0.25) is 0 Å². The molecule has 0 aliphatic carbocycles. The summed E-state index contributed by atoms with van der Waals surface area (Å²) in [7, 11) is 5.79. The van der Waals surface area contributed by atoms with Gasteiger partial charge in [-0.15, -0.1) is 0 Å². The lowest BCUT2D eigenvalue weighted by Crippen LogP contribution is -2.07. The first-order valence-electron chi connectivity index (χ1n) is 7.70. The fraction of sp³-hybridized carbons (Fsp3) is 0.200. The third-order valence-electron chi connectivity index (χ3n) is 4.03. The first kappa shape index (κ1) is 15.2. The van der Waals surface area contributed by atoms with Crippen molar-refractivity contribution < 1.29 is 4.74 Å². The summed E-state index contributed by atoms with van der Waals surface area (Å²) in [5, 5.41) is 0. The van der Waals surface area contributed by atoms with Gasteiger partial charge in [-0.25, -0.2) is 0 Å². The van der Waals surface area contributed by atoms with Crippen molar-refractivity contribution >= 4 is 5.69 Å². The molecule has 0 unspecified atom stereocenters. The Kier molecular flexibility index (Phi) is 4.11. The maximum Gasteiger partial charge on any atom is 0.118 e. The van der Waals surface area contributed by atoms with E-state index in [-0.39, 0.29) is 0 Å². The Balaban J connectivity index is 2.02. The summed E-state index contributed by atoms with van der Waals surface area (Å²) < 4.78 is 5.25. The van der Waals surface area contributed by atoms with Crippen molar-refractivity contribution in [1.82, 2.24) is 4.98 Å². The molecule has 0 amide bonds. The van der Waals surface area contributed by atoms with E-state index in [0.29, 0.717) is 0 Å². The first-order chi connectivity index (χ1) is 11.1. The molecule has 0 spiro atoms. The molecular formula is C20H22N2O. The second kappa shape index (κ2) is 6.21. The van der Waals surface area contributed by atoms with Crippen LogP contribution in [0.15, 0.2) is 54.6 Å². The van der Waals surface area contributed by atoms with Gasteiger partial charge < -0.3 is 14.6 Å². The Morgan fingerprint density at radius 1 is 0.870 bits per heavy atom. The molecule has 3 heteroatoms. The summed E-state index contributed by atoms with van der Waals surface area (Å²) in [6.07, 6.45) is 0. The van der Waals surface area contributed by atoms with Gasteiger partial charge >= 0.3 is 0 Å². The molecule has 1 heterocycles. The summed E-state index contributed by atoms with van der Waals surface area (Å²) in [5.74, 6) is 0.869. The van der Waals surface area contributed by atoms with Crippen molar-refractivity contribution in [3.05, 3.63) is 60.3 Å². The van der Waals surface area contributed by atoms with Gasteiger partial charge in [0, 0.05) is 31.0 Å². The molecule has 0 saturated carbocycles. The lowest BCUT2D eigenvalue weighted by atomic mass is 10.0. The highest BCUT2D eigenvalue weighted by atomic mass is 16.5. The number of hydrogen-bond acceptors (Lipinski definition) is 2. The molecule has 0 saturated heterocycles. The number of anilines is 1. The summed E-state index contributed by atoms with van der Waals surface area (Å²) in [5.41, 5.74) is 7.09. The van der Waals surface area contributed by atoms with Crippen molar-refractivity contribution in [2.75, 3.05) is 26.1 Å². The Labute approximate surface area is 137 Å². The molecule has 1 N–H and O–H groups in total. The number of benzene rings is 2. The van der Waals surface area contributed by atoms with Gasteiger partial charge in [0.15, 0.2) is 0 Å². The maximum absolute atomic E-state index is 5.25. The van der Waals surface area contributed by atoms with Crippen molar-refractivity contribution in [1.29, 1.82) is 0 Å². The van der Waals surface area contributed by atoms with Gasteiger partial charge in [0.2, 0.25) is 0 Å². The van der Waals surface area contributed by atoms with Crippen LogP contribution < -0.4 is 9.64 Å². The minimum absolute atomic E-state index is 0.869. The van der Waals surface area contributed by atoms with Gasteiger partial charge in [0.1, 0.15) is 5.75 Å². The largest absolute Gasteiger partial charge is 0.497 e. The van der Waals surface area contributed by atoms with Gasteiger partial charge in [0.05, 0.1) is 12.8 Å². The Morgan fingerprint density at radius 3 is 2.04 bits per heavy atom. The van der Waals surface area contributed by atoms with Crippen LogP contribution in [0.2, 0.25) is 0 Å². The number of rotatable bonds is 4. The average molecular weight is 306 g/mol. The van der Waals surface area contributed by atoms with Crippen LogP contribution >= 0.6 is 0 Å². The Bertz CT molecular complexity index is 784. The standard InChI is InChI=1S/C20H22N2O/c1-14-13-19(15-5-9-17(10-6-15)22(2)3)20(21-14)16-7-11-18(23-4)12-8-16/h5-13,21H,1-4H3. The maximum atomic E-state index is 5.25. The van der Waals surface area contributed by atoms with Crippen molar-refractivity contribution in [2.45, 2.75) is 6.92 Å². The molecule has 0 radical (unpaired) electrons. The SMILES string of the molecule is COc1ccc(-c2[nH]c(C)cc2-c2ccc(N(C)C)cc2)cc1. The zero-order valence-electron chi connectivity index (χ0n) is 14.1. The fourth-order valence-corrected chi connectivity index (χ4v) is 2.74. The van der Waals surface area contributed by atoms with E-state index in [9.17, 15) is 0 Å². The molecule has 0 bridgehead atoms. The minimum atomic E-state index is 0.869. The molecule has 0 aliphatic heterocycles. The average Bonchev–Trinajstić information content (AvgIpc) is 2.97. The van der Waals surface area contributed by atoms with Crippen LogP contribution in [0.4, 0.5) is 5.69 Å². The Morgan fingerprint density at radius 2 is 1.48 bits per heavy atom. The van der Waals surface area contributed by atoms with E-state index < -0.39 is 0 Å². The smallest absolute Gasteiger partial charge is 0.118 e. The predicted molar refractivity (Wildman–Crippen MR) is 97.3 cm³/mol. The quantitative estimate of drug-likeness (QED) is 0.754. The number of methoxy groups -OCH3 is 1. The van der Waals surface area contributed by atoms with Crippen LogP contribution in [0.5, 0.6) is 5.75 Å². The molecule has 3 rings (SSSR count). The van der Waals surface area contributed by atoms with E-state index in [0.717, 1.165) is 22.7 Å². The van der Waals surface area contributed by atoms with Crippen molar-refractivity contribution in [3.63, 3.8) is 0 Å². The lowest BCUT2D eigenvalue weighted by molar-refractivity contribution is 0.415. The van der Waals surface area contributed by atoms with Gasteiger partial charge in [-0.2, -0.15) is 0 Å². The summed E-state index contributed by atoms with van der Waals surface area (Å²) >= 11 is 0. The molecule has 3 aromatic rings. The number of hydrogen-bond donors (Lipinski definition) is 1. The molecule has 0 aliphatic rings. The monoisotopic (exact) mass is 306 g/mol.